The van der Waals surface area contributed by atoms with Crippen LogP contribution >= 0.6 is 23.2 Å². The van der Waals surface area contributed by atoms with Gasteiger partial charge in [-0.15, -0.1) is 23.2 Å². The number of ketones is 1. The topological polar surface area (TPSA) is 17.1 Å². The van der Waals surface area contributed by atoms with Gasteiger partial charge in [-0.1, -0.05) is 13.8 Å². The molecule has 0 aromatic rings. The van der Waals surface area contributed by atoms with Crippen LogP contribution in [0.4, 0.5) is 0 Å². The molecule has 1 nitrogen and oxygen atoms in total. The van der Waals surface area contributed by atoms with Crippen molar-refractivity contribution in [2.75, 3.05) is 0 Å². The van der Waals surface area contributed by atoms with Crippen LogP contribution in [0.3, 0.4) is 0 Å². The largest absolute Gasteiger partial charge is 0.299 e. The lowest BCUT2D eigenvalue weighted by molar-refractivity contribution is -0.126. The summed E-state index contributed by atoms with van der Waals surface area (Å²) in [5.41, 5.74) is -0.482. The van der Waals surface area contributed by atoms with Gasteiger partial charge in [-0.05, 0) is 13.3 Å². The third-order valence-electron chi connectivity index (χ3n) is 2.33. The Kier molecular flexibility index (Phi) is 2.01. The zero-order valence-electron chi connectivity index (χ0n) is 6.95. The van der Waals surface area contributed by atoms with Crippen molar-refractivity contribution in [2.24, 2.45) is 11.3 Å². The molecule has 1 rings (SSSR count). The average molecular weight is 195 g/mol. The maximum Gasteiger partial charge on any atom is 0.144 e. The van der Waals surface area contributed by atoms with E-state index in [1.54, 1.807) is 0 Å². The highest BCUT2D eigenvalue weighted by Gasteiger charge is 2.67. The molecule has 1 atom stereocenters. The number of hydrogen-bond acceptors (Lipinski definition) is 1. The van der Waals surface area contributed by atoms with E-state index in [4.69, 9.17) is 23.2 Å². The molecule has 0 amide bonds. The van der Waals surface area contributed by atoms with E-state index >= 15 is 0 Å². The first kappa shape index (κ1) is 9.34. The standard InChI is InChI=1S/C8H12Cl2O/c1-5(2)6(11)7(3)4-8(7,9)10/h5H,4H2,1-3H3. The van der Waals surface area contributed by atoms with E-state index in [2.05, 4.69) is 0 Å². The van der Waals surface area contributed by atoms with E-state index < -0.39 is 9.75 Å². The van der Waals surface area contributed by atoms with E-state index in [1.165, 1.54) is 0 Å². The fourth-order valence-electron chi connectivity index (χ4n) is 1.30. The van der Waals surface area contributed by atoms with Gasteiger partial charge in [0.25, 0.3) is 0 Å². The van der Waals surface area contributed by atoms with Crippen molar-refractivity contribution in [3.05, 3.63) is 0 Å². The number of halogens is 2. The second-order valence-electron chi connectivity index (χ2n) is 3.73. The van der Waals surface area contributed by atoms with Gasteiger partial charge in [-0.3, -0.25) is 4.79 Å². The molecule has 64 valence electrons. The SMILES string of the molecule is CC(C)C(=O)C1(C)CC1(Cl)Cl. The molecule has 1 aliphatic rings. The Labute approximate surface area is 77.1 Å². The molecule has 0 aromatic heterocycles. The summed E-state index contributed by atoms with van der Waals surface area (Å²) in [4.78, 5) is 11.5. The van der Waals surface area contributed by atoms with Crippen molar-refractivity contribution in [1.29, 1.82) is 0 Å². The molecule has 0 spiro atoms. The minimum atomic E-state index is -0.797. The minimum Gasteiger partial charge on any atom is -0.299 e. The first-order valence-electron chi connectivity index (χ1n) is 3.73. The number of carbonyl (C=O) groups excluding carboxylic acids is 1. The predicted octanol–water partition coefficient (Wildman–Crippen LogP) is 2.80. The summed E-state index contributed by atoms with van der Waals surface area (Å²) in [6.07, 6.45) is 0.597. The molecule has 3 heteroatoms. The molecule has 0 saturated heterocycles. The molecule has 1 fully saturated rings. The monoisotopic (exact) mass is 194 g/mol. The van der Waals surface area contributed by atoms with Crippen LogP contribution in [-0.4, -0.2) is 10.1 Å². The van der Waals surface area contributed by atoms with Crippen LogP contribution in [0.1, 0.15) is 27.2 Å². The highest BCUT2D eigenvalue weighted by Crippen LogP contribution is 2.64. The van der Waals surface area contributed by atoms with Gasteiger partial charge >= 0.3 is 0 Å². The Hall–Kier alpha value is 0.250. The molecule has 1 saturated carbocycles. The summed E-state index contributed by atoms with van der Waals surface area (Å²) in [6, 6.07) is 0. The highest BCUT2D eigenvalue weighted by molar-refractivity contribution is 6.53. The number of rotatable bonds is 2. The van der Waals surface area contributed by atoms with Crippen molar-refractivity contribution in [1.82, 2.24) is 0 Å². The number of alkyl halides is 2. The van der Waals surface area contributed by atoms with Gasteiger partial charge in [0.05, 0.1) is 5.41 Å². The lowest BCUT2D eigenvalue weighted by Gasteiger charge is -2.12. The number of Topliss-reactive ketones (excluding diaryl/α,β-unsaturated/α-hetero) is 1. The lowest BCUT2D eigenvalue weighted by Crippen LogP contribution is -2.23. The van der Waals surface area contributed by atoms with Crippen LogP contribution in [0.5, 0.6) is 0 Å². The van der Waals surface area contributed by atoms with Crippen LogP contribution in [0.2, 0.25) is 0 Å². The molecular formula is C8H12Cl2O. The molecule has 0 radical (unpaired) electrons. The normalized spacial score (nSPS) is 34.0. The third-order valence-corrected chi connectivity index (χ3v) is 3.43. The van der Waals surface area contributed by atoms with Gasteiger partial charge in [-0.25, -0.2) is 0 Å². The average Bonchev–Trinajstić information content (AvgIpc) is 2.32. The van der Waals surface area contributed by atoms with Crippen molar-refractivity contribution >= 4 is 29.0 Å². The zero-order chi connectivity index (χ0) is 8.86. The molecule has 1 aliphatic carbocycles. The summed E-state index contributed by atoms with van der Waals surface area (Å²) < 4.78 is -0.797. The summed E-state index contributed by atoms with van der Waals surface area (Å²) in [6.45, 7) is 5.57. The quantitative estimate of drug-likeness (QED) is 0.619. The van der Waals surface area contributed by atoms with Crippen LogP contribution in [-0.2, 0) is 4.79 Å². The lowest BCUT2D eigenvalue weighted by atomic mass is 9.94. The molecule has 0 bridgehead atoms. The van der Waals surface area contributed by atoms with E-state index in [1.807, 2.05) is 20.8 Å². The summed E-state index contributed by atoms with van der Waals surface area (Å²) >= 11 is 11.7. The Morgan fingerprint density at radius 2 is 1.82 bits per heavy atom. The van der Waals surface area contributed by atoms with E-state index in [0.717, 1.165) is 0 Å². The molecule has 0 aliphatic heterocycles. The van der Waals surface area contributed by atoms with E-state index in [0.29, 0.717) is 6.42 Å². The fourth-order valence-corrected chi connectivity index (χ4v) is 2.03. The fraction of sp³-hybridized carbons (Fsp3) is 0.875. The van der Waals surface area contributed by atoms with E-state index in [-0.39, 0.29) is 11.7 Å². The van der Waals surface area contributed by atoms with Gasteiger partial charge in [-0.2, -0.15) is 0 Å². The van der Waals surface area contributed by atoms with Crippen LogP contribution < -0.4 is 0 Å². The molecule has 0 N–H and O–H groups in total. The Bertz CT molecular complexity index is 198. The smallest absolute Gasteiger partial charge is 0.144 e. The zero-order valence-corrected chi connectivity index (χ0v) is 8.46. The van der Waals surface area contributed by atoms with Gasteiger partial charge in [0.1, 0.15) is 10.1 Å². The third kappa shape index (κ3) is 1.29. The van der Waals surface area contributed by atoms with Crippen molar-refractivity contribution in [3.63, 3.8) is 0 Å². The van der Waals surface area contributed by atoms with Crippen LogP contribution in [0, 0.1) is 11.3 Å². The van der Waals surface area contributed by atoms with Gasteiger partial charge in [0.2, 0.25) is 0 Å². The Balaban J connectivity index is 2.72. The van der Waals surface area contributed by atoms with Crippen molar-refractivity contribution < 1.29 is 4.79 Å². The van der Waals surface area contributed by atoms with E-state index in [9.17, 15) is 4.79 Å². The molecule has 0 heterocycles. The Morgan fingerprint density at radius 1 is 1.45 bits per heavy atom. The van der Waals surface area contributed by atoms with Gasteiger partial charge < -0.3 is 0 Å². The molecule has 1 unspecified atom stereocenters. The first-order valence-corrected chi connectivity index (χ1v) is 4.49. The first-order chi connectivity index (χ1) is 4.81. The second kappa shape index (κ2) is 2.37. The summed E-state index contributed by atoms with van der Waals surface area (Å²) in [5.74, 6) is 0.196. The minimum absolute atomic E-state index is 0.0272. The summed E-state index contributed by atoms with van der Waals surface area (Å²) in [7, 11) is 0. The summed E-state index contributed by atoms with van der Waals surface area (Å²) in [5, 5.41) is 0. The molecular weight excluding hydrogens is 183 g/mol. The second-order valence-corrected chi connectivity index (χ2v) is 5.22. The number of carbonyl (C=O) groups is 1. The van der Waals surface area contributed by atoms with Crippen molar-refractivity contribution in [2.45, 2.75) is 31.5 Å². The van der Waals surface area contributed by atoms with Gasteiger partial charge in [0, 0.05) is 5.92 Å². The maximum absolute atomic E-state index is 11.5. The van der Waals surface area contributed by atoms with Crippen molar-refractivity contribution in [3.8, 4) is 0 Å². The predicted molar refractivity (Wildman–Crippen MR) is 47.0 cm³/mol. The Morgan fingerprint density at radius 3 is 1.91 bits per heavy atom. The highest BCUT2D eigenvalue weighted by atomic mass is 35.5. The van der Waals surface area contributed by atoms with Gasteiger partial charge in [0.15, 0.2) is 0 Å². The maximum atomic E-state index is 11.5. The number of hydrogen-bond donors (Lipinski definition) is 0. The molecule has 11 heavy (non-hydrogen) atoms. The van der Waals surface area contributed by atoms with Crippen LogP contribution in [0.15, 0.2) is 0 Å². The molecule has 0 aromatic carbocycles. The van der Waals surface area contributed by atoms with Crippen LogP contribution in [0.25, 0.3) is 0 Å².